The second-order valence-electron chi connectivity index (χ2n) is 4.38. The van der Waals surface area contributed by atoms with Gasteiger partial charge in [0.15, 0.2) is 5.78 Å². The standard InChI is InChI=1S/C13H15BrFNO/c14-11-5-4-10(15)7-9(11)8-13(17)12-3-1-2-6-16-12/h4-5,7,12,16H,1-3,6,8H2. The Bertz CT molecular complexity index is 416. The highest BCUT2D eigenvalue weighted by Gasteiger charge is 2.21. The average molecular weight is 300 g/mol. The summed E-state index contributed by atoms with van der Waals surface area (Å²) in [6.07, 6.45) is 3.41. The third kappa shape index (κ3) is 3.36. The molecule has 17 heavy (non-hydrogen) atoms. The average Bonchev–Trinajstić information content (AvgIpc) is 2.35. The minimum atomic E-state index is -0.299. The van der Waals surface area contributed by atoms with E-state index in [1.165, 1.54) is 12.1 Å². The second kappa shape index (κ2) is 5.74. The van der Waals surface area contributed by atoms with E-state index in [9.17, 15) is 9.18 Å². The molecule has 0 saturated carbocycles. The van der Waals surface area contributed by atoms with Crippen LogP contribution in [-0.4, -0.2) is 18.4 Å². The van der Waals surface area contributed by atoms with Gasteiger partial charge in [0.2, 0.25) is 0 Å². The fraction of sp³-hybridized carbons (Fsp3) is 0.462. The van der Waals surface area contributed by atoms with Crippen LogP contribution in [0.5, 0.6) is 0 Å². The summed E-state index contributed by atoms with van der Waals surface area (Å²) < 4.78 is 13.9. The van der Waals surface area contributed by atoms with Gasteiger partial charge in [-0.2, -0.15) is 0 Å². The highest BCUT2D eigenvalue weighted by atomic mass is 79.9. The van der Waals surface area contributed by atoms with Gasteiger partial charge in [-0.15, -0.1) is 0 Å². The zero-order valence-corrected chi connectivity index (χ0v) is 11.1. The maximum absolute atomic E-state index is 13.1. The lowest BCUT2D eigenvalue weighted by Crippen LogP contribution is -2.41. The first-order valence-electron chi connectivity index (χ1n) is 5.87. The summed E-state index contributed by atoms with van der Waals surface area (Å²) in [5.74, 6) is -0.149. The molecule has 1 heterocycles. The molecule has 1 aromatic carbocycles. The second-order valence-corrected chi connectivity index (χ2v) is 5.24. The number of benzene rings is 1. The van der Waals surface area contributed by atoms with Gasteiger partial charge < -0.3 is 5.32 Å². The summed E-state index contributed by atoms with van der Waals surface area (Å²) in [6, 6.07) is 4.40. The SMILES string of the molecule is O=C(Cc1cc(F)ccc1Br)C1CCCCN1. The van der Waals surface area contributed by atoms with Crippen LogP contribution in [0.25, 0.3) is 0 Å². The lowest BCUT2D eigenvalue weighted by Gasteiger charge is -2.22. The summed E-state index contributed by atoms with van der Waals surface area (Å²) in [5, 5.41) is 3.21. The van der Waals surface area contributed by atoms with Gasteiger partial charge in [-0.3, -0.25) is 4.79 Å². The third-order valence-electron chi connectivity index (χ3n) is 3.07. The summed E-state index contributed by atoms with van der Waals surface area (Å²) in [4.78, 5) is 12.0. The number of Topliss-reactive ketones (excluding diaryl/α,β-unsaturated/α-hetero) is 1. The molecule has 4 heteroatoms. The Morgan fingerprint density at radius 2 is 2.29 bits per heavy atom. The number of nitrogens with one attached hydrogen (secondary N) is 1. The molecule has 2 nitrogen and oxygen atoms in total. The number of hydrogen-bond donors (Lipinski definition) is 1. The number of carbonyl (C=O) groups excluding carboxylic acids is 1. The van der Waals surface area contributed by atoms with Crippen LogP contribution < -0.4 is 5.32 Å². The van der Waals surface area contributed by atoms with Crippen LogP contribution >= 0.6 is 15.9 Å². The van der Waals surface area contributed by atoms with Gasteiger partial charge in [0.25, 0.3) is 0 Å². The monoisotopic (exact) mass is 299 g/mol. The van der Waals surface area contributed by atoms with Crippen molar-refractivity contribution in [2.24, 2.45) is 0 Å². The number of piperidine rings is 1. The summed E-state index contributed by atoms with van der Waals surface area (Å²) >= 11 is 3.34. The van der Waals surface area contributed by atoms with E-state index < -0.39 is 0 Å². The lowest BCUT2D eigenvalue weighted by molar-refractivity contribution is -0.120. The zero-order chi connectivity index (χ0) is 12.3. The lowest BCUT2D eigenvalue weighted by atomic mass is 9.97. The Hall–Kier alpha value is -0.740. The first kappa shape index (κ1) is 12.7. The van der Waals surface area contributed by atoms with Crippen LogP contribution in [0, 0.1) is 5.82 Å². The van der Waals surface area contributed by atoms with Crippen molar-refractivity contribution in [2.45, 2.75) is 31.7 Å². The number of carbonyl (C=O) groups is 1. The predicted octanol–water partition coefficient (Wildman–Crippen LogP) is 2.84. The Labute approximate surface area is 109 Å². The Balaban J connectivity index is 2.04. The molecule has 0 spiro atoms. The van der Waals surface area contributed by atoms with E-state index in [0.29, 0.717) is 0 Å². The number of halogens is 2. The van der Waals surface area contributed by atoms with E-state index in [0.717, 1.165) is 35.8 Å². The van der Waals surface area contributed by atoms with Crippen LogP contribution in [0.15, 0.2) is 22.7 Å². The molecule has 0 bridgehead atoms. The smallest absolute Gasteiger partial charge is 0.154 e. The van der Waals surface area contributed by atoms with Gasteiger partial charge in [-0.1, -0.05) is 22.4 Å². The largest absolute Gasteiger partial charge is 0.307 e. The van der Waals surface area contributed by atoms with Crippen molar-refractivity contribution in [3.05, 3.63) is 34.1 Å². The molecule has 0 amide bonds. The van der Waals surface area contributed by atoms with Gasteiger partial charge >= 0.3 is 0 Å². The number of ketones is 1. The van der Waals surface area contributed by atoms with Crippen LogP contribution in [0.4, 0.5) is 4.39 Å². The van der Waals surface area contributed by atoms with Crippen LogP contribution in [0.2, 0.25) is 0 Å². The highest BCUT2D eigenvalue weighted by molar-refractivity contribution is 9.10. The van der Waals surface area contributed by atoms with E-state index in [2.05, 4.69) is 21.2 Å². The predicted molar refractivity (Wildman–Crippen MR) is 68.5 cm³/mol. The molecular weight excluding hydrogens is 285 g/mol. The zero-order valence-electron chi connectivity index (χ0n) is 9.51. The molecule has 0 aliphatic carbocycles. The van der Waals surface area contributed by atoms with Gasteiger partial charge in [0.05, 0.1) is 6.04 Å². The highest BCUT2D eigenvalue weighted by Crippen LogP contribution is 2.20. The normalized spacial score (nSPS) is 20.2. The van der Waals surface area contributed by atoms with Gasteiger partial charge in [-0.25, -0.2) is 4.39 Å². The van der Waals surface area contributed by atoms with E-state index in [-0.39, 0.29) is 24.1 Å². The maximum Gasteiger partial charge on any atom is 0.154 e. The van der Waals surface area contributed by atoms with E-state index >= 15 is 0 Å². The molecule has 1 fully saturated rings. The van der Waals surface area contributed by atoms with Crippen molar-refractivity contribution < 1.29 is 9.18 Å². The summed E-state index contributed by atoms with van der Waals surface area (Å²) in [7, 11) is 0. The summed E-state index contributed by atoms with van der Waals surface area (Å²) in [6.45, 7) is 0.903. The molecule has 1 aromatic rings. The molecule has 0 radical (unpaired) electrons. The first-order chi connectivity index (χ1) is 8.16. The fourth-order valence-electron chi connectivity index (χ4n) is 2.12. The topological polar surface area (TPSA) is 29.1 Å². The molecule has 0 aromatic heterocycles. The van der Waals surface area contributed by atoms with E-state index in [1.54, 1.807) is 6.07 Å². The first-order valence-corrected chi connectivity index (χ1v) is 6.66. The van der Waals surface area contributed by atoms with Crippen molar-refractivity contribution in [2.75, 3.05) is 6.54 Å². The molecule has 1 saturated heterocycles. The quantitative estimate of drug-likeness (QED) is 0.930. The molecule has 1 aliphatic heterocycles. The van der Waals surface area contributed by atoms with Crippen molar-refractivity contribution in [1.82, 2.24) is 5.32 Å². The van der Waals surface area contributed by atoms with Crippen LogP contribution in [-0.2, 0) is 11.2 Å². The maximum atomic E-state index is 13.1. The van der Waals surface area contributed by atoms with Gasteiger partial charge in [0, 0.05) is 10.9 Å². The van der Waals surface area contributed by atoms with E-state index in [1.807, 2.05) is 0 Å². The molecular formula is C13H15BrFNO. The minimum absolute atomic E-state index is 0.0566. The Morgan fingerprint density at radius 3 is 3.00 bits per heavy atom. The van der Waals surface area contributed by atoms with Crippen molar-refractivity contribution in [3.8, 4) is 0 Å². The summed E-state index contributed by atoms with van der Waals surface area (Å²) in [5.41, 5.74) is 0.724. The molecule has 1 unspecified atom stereocenters. The Kier molecular flexibility index (Phi) is 4.29. The molecule has 1 aliphatic rings. The fourth-order valence-corrected chi connectivity index (χ4v) is 2.50. The van der Waals surface area contributed by atoms with Gasteiger partial charge in [0.1, 0.15) is 5.82 Å². The van der Waals surface area contributed by atoms with Crippen LogP contribution in [0.3, 0.4) is 0 Å². The van der Waals surface area contributed by atoms with E-state index in [4.69, 9.17) is 0 Å². The minimum Gasteiger partial charge on any atom is -0.307 e. The van der Waals surface area contributed by atoms with Crippen molar-refractivity contribution in [3.63, 3.8) is 0 Å². The van der Waals surface area contributed by atoms with Crippen molar-refractivity contribution in [1.29, 1.82) is 0 Å². The van der Waals surface area contributed by atoms with Crippen LogP contribution in [0.1, 0.15) is 24.8 Å². The Morgan fingerprint density at radius 1 is 1.47 bits per heavy atom. The van der Waals surface area contributed by atoms with Gasteiger partial charge in [-0.05, 0) is 43.1 Å². The molecule has 92 valence electrons. The van der Waals surface area contributed by atoms with Crippen molar-refractivity contribution >= 4 is 21.7 Å². The molecule has 1 N–H and O–H groups in total. The number of hydrogen-bond acceptors (Lipinski definition) is 2. The molecule has 1 atom stereocenters. The molecule has 2 rings (SSSR count). The number of rotatable bonds is 3. The third-order valence-corrected chi connectivity index (χ3v) is 3.85.